The molecule has 0 atom stereocenters. The Morgan fingerprint density at radius 1 is 1.27 bits per heavy atom. The van der Waals surface area contributed by atoms with Crippen LogP contribution in [0.25, 0.3) is 0 Å². The first-order chi connectivity index (χ1) is 12.4. The van der Waals surface area contributed by atoms with Gasteiger partial charge in [0.2, 0.25) is 0 Å². The van der Waals surface area contributed by atoms with E-state index in [-0.39, 0.29) is 11.4 Å². The maximum absolute atomic E-state index is 12.7. The SMILES string of the molecule is CCOCc1ccccc1CNC(=O)c1cc(C2CC2)n(C(C)(C)C)n1. The van der Waals surface area contributed by atoms with Crippen molar-refractivity contribution in [2.75, 3.05) is 6.61 Å². The van der Waals surface area contributed by atoms with Crippen molar-refractivity contribution in [1.29, 1.82) is 0 Å². The highest BCUT2D eigenvalue weighted by Gasteiger charge is 2.32. The topological polar surface area (TPSA) is 56.1 Å². The Morgan fingerprint density at radius 3 is 2.58 bits per heavy atom. The van der Waals surface area contributed by atoms with Crippen LogP contribution < -0.4 is 5.32 Å². The number of nitrogens with zero attached hydrogens (tertiary/aromatic N) is 2. The van der Waals surface area contributed by atoms with Gasteiger partial charge in [-0.15, -0.1) is 0 Å². The van der Waals surface area contributed by atoms with Gasteiger partial charge in [0, 0.05) is 24.8 Å². The summed E-state index contributed by atoms with van der Waals surface area (Å²) in [5, 5.41) is 7.62. The minimum atomic E-state index is -0.124. The van der Waals surface area contributed by atoms with Gasteiger partial charge in [0.15, 0.2) is 0 Å². The lowest BCUT2D eigenvalue weighted by molar-refractivity contribution is 0.0943. The van der Waals surface area contributed by atoms with E-state index in [1.807, 2.05) is 41.9 Å². The van der Waals surface area contributed by atoms with E-state index in [0.29, 0.717) is 31.4 Å². The van der Waals surface area contributed by atoms with Crippen LogP contribution in [0, 0.1) is 0 Å². The Labute approximate surface area is 155 Å². The van der Waals surface area contributed by atoms with Crippen LogP contribution in [0.2, 0.25) is 0 Å². The summed E-state index contributed by atoms with van der Waals surface area (Å²) in [5.74, 6) is 0.427. The molecule has 0 unspecified atom stereocenters. The zero-order valence-corrected chi connectivity index (χ0v) is 16.2. The first-order valence-electron chi connectivity index (χ1n) is 9.43. The maximum Gasteiger partial charge on any atom is 0.272 e. The summed E-state index contributed by atoms with van der Waals surface area (Å²) in [4.78, 5) is 12.7. The summed E-state index contributed by atoms with van der Waals surface area (Å²) >= 11 is 0. The molecule has 0 radical (unpaired) electrons. The molecule has 1 heterocycles. The lowest BCUT2D eigenvalue weighted by Crippen LogP contribution is -2.27. The predicted molar refractivity (Wildman–Crippen MR) is 102 cm³/mol. The average Bonchev–Trinajstić information content (AvgIpc) is 3.35. The average molecular weight is 355 g/mol. The van der Waals surface area contributed by atoms with Crippen LogP contribution in [0.3, 0.4) is 0 Å². The van der Waals surface area contributed by atoms with Crippen molar-refractivity contribution in [3.05, 3.63) is 52.8 Å². The number of nitrogens with one attached hydrogen (secondary N) is 1. The molecular weight excluding hydrogens is 326 g/mol. The highest BCUT2D eigenvalue weighted by Crippen LogP contribution is 2.41. The zero-order valence-electron chi connectivity index (χ0n) is 16.2. The number of carbonyl (C=O) groups excluding carboxylic acids is 1. The number of amides is 1. The largest absolute Gasteiger partial charge is 0.377 e. The molecule has 2 aromatic rings. The molecule has 5 heteroatoms. The third kappa shape index (κ3) is 4.33. The molecule has 0 aliphatic heterocycles. The standard InChI is InChI=1S/C21H29N3O2/c1-5-26-14-17-9-7-6-8-16(17)13-22-20(25)18-12-19(15-10-11-15)24(23-18)21(2,3)4/h6-9,12,15H,5,10-11,13-14H2,1-4H3,(H,22,25). The van der Waals surface area contributed by atoms with Crippen molar-refractivity contribution in [3.63, 3.8) is 0 Å². The number of hydrogen-bond donors (Lipinski definition) is 1. The van der Waals surface area contributed by atoms with Crippen molar-refractivity contribution >= 4 is 5.91 Å². The molecule has 26 heavy (non-hydrogen) atoms. The van der Waals surface area contributed by atoms with Crippen molar-refractivity contribution in [1.82, 2.24) is 15.1 Å². The van der Waals surface area contributed by atoms with E-state index in [4.69, 9.17) is 4.74 Å². The molecule has 0 bridgehead atoms. The summed E-state index contributed by atoms with van der Waals surface area (Å²) in [6.45, 7) is 10.1. The maximum atomic E-state index is 12.7. The first kappa shape index (κ1) is 18.6. The van der Waals surface area contributed by atoms with Gasteiger partial charge >= 0.3 is 0 Å². The molecule has 1 aliphatic rings. The van der Waals surface area contributed by atoms with Gasteiger partial charge in [-0.3, -0.25) is 9.48 Å². The number of carbonyl (C=O) groups is 1. The summed E-state index contributed by atoms with van der Waals surface area (Å²) in [5.41, 5.74) is 3.74. The van der Waals surface area contributed by atoms with E-state index in [0.717, 1.165) is 11.1 Å². The van der Waals surface area contributed by atoms with Crippen LogP contribution in [0.1, 0.15) is 73.8 Å². The van der Waals surface area contributed by atoms with Crippen LogP contribution in [-0.2, 0) is 23.4 Å². The molecule has 3 rings (SSSR count). The van der Waals surface area contributed by atoms with E-state index < -0.39 is 0 Å². The Morgan fingerprint density at radius 2 is 1.96 bits per heavy atom. The fourth-order valence-corrected chi connectivity index (χ4v) is 3.06. The minimum Gasteiger partial charge on any atom is -0.377 e. The normalized spacial score (nSPS) is 14.5. The summed E-state index contributed by atoms with van der Waals surface area (Å²) in [6, 6.07) is 10.0. The Kier molecular flexibility index (Phi) is 5.47. The van der Waals surface area contributed by atoms with Crippen LogP contribution in [0.5, 0.6) is 0 Å². The van der Waals surface area contributed by atoms with Gasteiger partial charge < -0.3 is 10.1 Å². The lowest BCUT2D eigenvalue weighted by Gasteiger charge is -2.22. The van der Waals surface area contributed by atoms with Crippen LogP contribution in [0.4, 0.5) is 0 Å². The smallest absolute Gasteiger partial charge is 0.272 e. The highest BCUT2D eigenvalue weighted by atomic mass is 16.5. The molecule has 1 saturated carbocycles. The van der Waals surface area contributed by atoms with Crippen LogP contribution >= 0.6 is 0 Å². The van der Waals surface area contributed by atoms with Crippen LogP contribution in [0.15, 0.2) is 30.3 Å². The number of aromatic nitrogens is 2. The third-order valence-electron chi connectivity index (χ3n) is 4.62. The quantitative estimate of drug-likeness (QED) is 0.817. The van der Waals surface area contributed by atoms with E-state index in [1.54, 1.807) is 0 Å². The van der Waals surface area contributed by atoms with Gasteiger partial charge in [-0.05, 0) is 57.7 Å². The molecule has 5 nitrogen and oxygen atoms in total. The molecule has 1 aromatic heterocycles. The molecule has 140 valence electrons. The molecule has 1 aliphatic carbocycles. The van der Waals surface area contributed by atoms with E-state index in [2.05, 4.69) is 31.2 Å². The van der Waals surface area contributed by atoms with Crippen molar-refractivity contribution in [2.24, 2.45) is 0 Å². The molecule has 1 N–H and O–H groups in total. The first-order valence-corrected chi connectivity index (χ1v) is 9.43. The summed E-state index contributed by atoms with van der Waals surface area (Å²) in [7, 11) is 0. The van der Waals surface area contributed by atoms with Gasteiger partial charge in [0.05, 0.1) is 12.1 Å². The van der Waals surface area contributed by atoms with Gasteiger partial charge in [-0.1, -0.05) is 24.3 Å². The number of ether oxygens (including phenoxy) is 1. The predicted octanol–water partition coefficient (Wildman–Crippen LogP) is 3.98. The molecule has 1 fully saturated rings. The molecule has 1 aromatic carbocycles. The van der Waals surface area contributed by atoms with Gasteiger partial charge in [-0.25, -0.2) is 0 Å². The van der Waals surface area contributed by atoms with Crippen molar-refractivity contribution in [3.8, 4) is 0 Å². The second-order valence-electron chi connectivity index (χ2n) is 7.90. The molecular formula is C21H29N3O2. The second kappa shape index (κ2) is 7.62. The number of benzene rings is 1. The van der Waals surface area contributed by atoms with E-state index >= 15 is 0 Å². The van der Waals surface area contributed by atoms with Gasteiger partial charge in [0.25, 0.3) is 5.91 Å². The fourth-order valence-electron chi connectivity index (χ4n) is 3.06. The van der Waals surface area contributed by atoms with Crippen molar-refractivity contribution in [2.45, 2.75) is 65.1 Å². The zero-order chi connectivity index (χ0) is 18.7. The van der Waals surface area contributed by atoms with E-state index in [9.17, 15) is 4.79 Å². The third-order valence-corrected chi connectivity index (χ3v) is 4.62. The van der Waals surface area contributed by atoms with Crippen LogP contribution in [-0.4, -0.2) is 22.3 Å². The lowest BCUT2D eigenvalue weighted by atomic mass is 10.1. The molecule has 0 spiro atoms. The van der Waals surface area contributed by atoms with Crippen molar-refractivity contribution < 1.29 is 9.53 Å². The Balaban J connectivity index is 1.71. The van der Waals surface area contributed by atoms with E-state index in [1.165, 1.54) is 18.5 Å². The number of rotatable bonds is 7. The number of hydrogen-bond acceptors (Lipinski definition) is 3. The second-order valence-corrected chi connectivity index (χ2v) is 7.90. The van der Waals surface area contributed by atoms with Gasteiger partial charge in [0.1, 0.15) is 5.69 Å². The Hall–Kier alpha value is -2.14. The Bertz CT molecular complexity index is 770. The molecule has 0 saturated heterocycles. The monoisotopic (exact) mass is 355 g/mol. The summed E-state index contributed by atoms with van der Waals surface area (Å²) in [6.07, 6.45) is 2.38. The van der Waals surface area contributed by atoms with Gasteiger partial charge in [-0.2, -0.15) is 5.10 Å². The summed E-state index contributed by atoms with van der Waals surface area (Å²) < 4.78 is 7.53. The highest BCUT2D eigenvalue weighted by molar-refractivity contribution is 5.92. The fraction of sp³-hybridized carbons (Fsp3) is 0.524. The molecule has 1 amide bonds. The minimum absolute atomic E-state index is 0.124.